The molecule has 0 fully saturated rings. The van der Waals surface area contributed by atoms with Crippen LogP contribution in [-0.4, -0.2) is 14.7 Å². The van der Waals surface area contributed by atoms with E-state index in [0.717, 1.165) is 18.9 Å². The smallest absolute Gasteiger partial charge is 0.255 e. The van der Waals surface area contributed by atoms with Gasteiger partial charge in [-0.05, 0) is 18.6 Å². The monoisotopic (exact) mass is 228 g/mol. The highest BCUT2D eigenvalue weighted by Crippen LogP contribution is 2.08. The molecule has 0 unspecified atom stereocenters. The van der Waals surface area contributed by atoms with Crippen molar-refractivity contribution in [3.8, 4) is 5.88 Å². The van der Waals surface area contributed by atoms with Gasteiger partial charge in [0.15, 0.2) is 10.7 Å². The molecule has 0 atom stereocenters. The van der Waals surface area contributed by atoms with Gasteiger partial charge < -0.3 is 5.11 Å². The molecule has 4 nitrogen and oxygen atoms in total. The third-order valence-corrected chi connectivity index (χ3v) is 2.57. The van der Waals surface area contributed by atoms with Crippen molar-refractivity contribution in [2.75, 3.05) is 0 Å². The van der Waals surface area contributed by atoms with Crippen LogP contribution in [0.2, 0.25) is 0 Å². The maximum atomic E-state index is 10.9. The van der Waals surface area contributed by atoms with Crippen LogP contribution in [0.3, 0.4) is 0 Å². The second-order valence-electron chi connectivity index (χ2n) is 3.51. The van der Waals surface area contributed by atoms with E-state index < -0.39 is 0 Å². The van der Waals surface area contributed by atoms with Crippen molar-refractivity contribution in [1.29, 1.82) is 0 Å². The standard InChI is InChI=1S/C10H16N2O2S/c1-2-3-4-5-6-12-9(14)7-8(13)11-10(12)15/h7,14H,2-6H2,1H3,(H,11,13,15). The third-order valence-electron chi connectivity index (χ3n) is 2.25. The normalized spacial score (nSPS) is 10.5. The molecule has 0 saturated heterocycles. The first-order valence-corrected chi connectivity index (χ1v) is 5.59. The Hall–Kier alpha value is -1.10. The summed E-state index contributed by atoms with van der Waals surface area (Å²) in [7, 11) is 0. The fourth-order valence-corrected chi connectivity index (χ4v) is 1.71. The van der Waals surface area contributed by atoms with E-state index in [2.05, 4.69) is 11.9 Å². The van der Waals surface area contributed by atoms with Crippen LogP contribution in [-0.2, 0) is 6.54 Å². The molecule has 0 aliphatic carbocycles. The number of hydrogen-bond acceptors (Lipinski definition) is 3. The van der Waals surface area contributed by atoms with Crippen LogP contribution < -0.4 is 5.56 Å². The zero-order valence-electron chi connectivity index (χ0n) is 8.82. The number of rotatable bonds is 5. The largest absolute Gasteiger partial charge is 0.494 e. The molecular weight excluding hydrogens is 212 g/mol. The van der Waals surface area contributed by atoms with Crippen molar-refractivity contribution in [3.05, 3.63) is 21.2 Å². The van der Waals surface area contributed by atoms with E-state index in [1.165, 1.54) is 12.8 Å². The maximum absolute atomic E-state index is 10.9. The zero-order valence-corrected chi connectivity index (χ0v) is 9.64. The van der Waals surface area contributed by atoms with Crippen molar-refractivity contribution in [3.63, 3.8) is 0 Å². The molecule has 15 heavy (non-hydrogen) atoms. The Labute approximate surface area is 93.6 Å². The predicted molar refractivity (Wildman–Crippen MR) is 61.7 cm³/mol. The molecule has 1 heterocycles. The highest BCUT2D eigenvalue weighted by molar-refractivity contribution is 7.71. The van der Waals surface area contributed by atoms with Gasteiger partial charge >= 0.3 is 0 Å². The van der Waals surface area contributed by atoms with Crippen molar-refractivity contribution in [1.82, 2.24) is 9.55 Å². The Morgan fingerprint density at radius 2 is 2.20 bits per heavy atom. The Morgan fingerprint density at radius 3 is 2.80 bits per heavy atom. The van der Waals surface area contributed by atoms with E-state index in [9.17, 15) is 9.90 Å². The molecule has 0 aromatic carbocycles. The van der Waals surface area contributed by atoms with E-state index in [0.29, 0.717) is 6.54 Å². The van der Waals surface area contributed by atoms with Gasteiger partial charge in [-0.15, -0.1) is 0 Å². The molecule has 1 aromatic rings. The lowest BCUT2D eigenvalue weighted by molar-refractivity contribution is 0.397. The number of nitrogens with zero attached hydrogens (tertiary/aromatic N) is 1. The summed E-state index contributed by atoms with van der Waals surface area (Å²) in [6, 6.07) is 1.15. The lowest BCUT2D eigenvalue weighted by Gasteiger charge is -2.07. The Bertz CT molecular complexity index is 422. The molecule has 0 saturated carbocycles. The van der Waals surface area contributed by atoms with Crippen molar-refractivity contribution in [2.24, 2.45) is 0 Å². The Kier molecular flexibility index (Phi) is 4.55. The molecule has 0 amide bonds. The number of unbranched alkanes of at least 4 members (excludes halogenated alkanes) is 3. The fourth-order valence-electron chi connectivity index (χ4n) is 1.42. The first-order chi connectivity index (χ1) is 7.15. The number of aromatic amines is 1. The highest BCUT2D eigenvalue weighted by atomic mass is 32.1. The van der Waals surface area contributed by atoms with Gasteiger partial charge in [0.2, 0.25) is 0 Å². The van der Waals surface area contributed by atoms with Crippen molar-refractivity contribution < 1.29 is 5.11 Å². The minimum atomic E-state index is -0.359. The Morgan fingerprint density at radius 1 is 1.47 bits per heavy atom. The molecule has 0 aliphatic heterocycles. The minimum Gasteiger partial charge on any atom is -0.494 e. The van der Waals surface area contributed by atoms with E-state index in [1.807, 2.05) is 0 Å². The molecule has 0 aliphatic rings. The average Bonchev–Trinajstić information content (AvgIpc) is 2.15. The second-order valence-corrected chi connectivity index (χ2v) is 3.90. The fraction of sp³-hybridized carbons (Fsp3) is 0.600. The first kappa shape index (κ1) is 12.0. The number of aromatic nitrogens is 2. The zero-order chi connectivity index (χ0) is 11.3. The lowest BCUT2D eigenvalue weighted by Crippen LogP contribution is -2.12. The molecule has 0 spiro atoms. The average molecular weight is 228 g/mol. The molecular formula is C10H16N2O2S. The van der Waals surface area contributed by atoms with Gasteiger partial charge in [0, 0.05) is 6.54 Å². The summed E-state index contributed by atoms with van der Waals surface area (Å²) in [6.45, 7) is 2.80. The first-order valence-electron chi connectivity index (χ1n) is 5.18. The van der Waals surface area contributed by atoms with Crippen molar-refractivity contribution in [2.45, 2.75) is 39.2 Å². The molecule has 1 aromatic heterocycles. The van der Waals surface area contributed by atoms with Gasteiger partial charge in [-0.1, -0.05) is 26.2 Å². The van der Waals surface area contributed by atoms with Gasteiger partial charge in [0.05, 0.1) is 6.07 Å². The quantitative estimate of drug-likeness (QED) is 0.600. The molecule has 0 radical (unpaired) electrons. The van der Waals surface area contributed by atoms with Crippen LogP contribution in [0.5, 0.6) is 5.88 Å². The highest BCUT2D eigenvalue weighted by Gasteiger charge is 2.01. The number of hydrogen-bond donors (Lipinski definition) is 2. The molecule has 1 rings (SSSR count). The summed E-state index contributed by atoms with van der Waals surface area (Å²) >= 11 is 4.95. The summed E-state index contributed by atoms with van der Waals surface area (Å²) < 4.78 is 1.84. The molecule has 2 N–H and O–H groups in total. The van der Waals surface area contributed by atoms with Crippen LogP contribution in [0.4, 0.5) is 0 Å². The SMILES string of the molecule is CCCCCCn1c(O)cc(=O)[nH]c1=S. The van der Waals surface area contributed by atoms with Crippen molar-refractivity contribution >= 4 is 12.2 Å². The van der Waals surface area contributed by atoms with Gasteiger partial charge in [-0.3, -0.25) is 14.3 Å². The number of nitrogens with one attached hydrogen (secondary N) is 1. The summed E-state index contributed by atoms with van der Waals surface area (Å²) in [5.41, 5.74) is -0.359. The van der Waals surface area contributed by atoms with Crippen LogP contribution in [0, 0.1) is 4.77 Å². The Balaban J connectivity index is 2.69. The topological polar surface area (TPSA) is 58.0 Å². The van der Waals surface area contributed by atoms with Crippen LogP contribution >= 0.6 is 12.2 Å². The van der Waals surface area contributed by atoms with E-state index in [4.69, 9.17) is 12.2 Å². The second kappa shape index (κ2) is 5.70. The van der Waals surface area contributed by atoms with Gasteiger partial charge in [0.25, 0.3) is 5.56 Å². The number of aromatic hydroxyl groups is 1. The maximum Gasteiger partial charge on any atom is 0.255 e. The van der Waals surface area contributed by atoms with Crippen LogP contribution in [0.1, 0.15) is 32.6 Å². The minimum absolute atomic E-state index is 0.0553. The summed E-state index contributed by atoms with van der Waals surface area (Å²) in [6.07, 6.45) is 4.42. The van der Waals surface area contributed by atoms with Gasteiger partial charge in [-0.2, -0.15) is 0 Å². The van der Waals surface area contributed by atoms with Crippen LogP contribution in [0.25, 0.3) is 0 Å². The summed E-state index contributed by atoms with van der Waals surface area (Å²) in [5.74, 6) is -0.0553. The molecule has 5 heteroatoms. The van der Waals surface area contributed by atoms with E-state index >= 15 is 0 Å². The molecule has 0 bridgehead atoms. The molecule has 84 valence electrons. The summed E-state index contributed by atoms with van der Waals surface area (Å²) in [5, 5.41) is 9.51. The van der Waals surface area contributed by atoms with E-state index in [-0.39, 0.29) is 16.2 Å². The van der Waals surface area contributed by atoms with E-state index in [1.54, 1.807) is 4.57 Å². The summed E-state index contributed by atoms with van der Waals surface area (Å²) in [4.78, 5) is 13.4. The number of H-pyrrole nitrogens is 1. The van der Waals surface area contributed by atoms with Crippen LogP contribution in [0.15, 0.2) is 10.9 Å². The lowest BCUT2D eigenvalue weighted by atomic mass is 10.2. The van der Waals surface area contributed by atoms with Gasteiger partial charge in [-0.25, -0.2) is 0 Å². The predicted octanol–water partition coefficient (Wildman–Crippen LogP) is 2.19. The third kappa shape index (κ3) is 3.51. The van der Waals surface area contributed by atoms with Gasteiger partial charge in [0.1, 0.15) is 0 Å².